The molecule has 0 radical (unpaired) electrons. The van der Waals surface area contributed by atoms with Crippen LogP contribution < -0.4 is 9.64 Å². The van der Waals surface area contributed by atoms with E-state index < -0.39 is 0 Å². The van der Waals surface area contributed by atoms with Crippen LogP contribution in [0.2, 0.25) is 0 Å². The number of anilines is 1. The quantitative estimate of drug-likeness (QED) is 0.837. The number of aromatic nitrogens is 1. The van der Waals surface area contributed by atoms with Gasteiger partial charge in [0.15, 0.2) is 0 Å². The van der Waals surface area contributed by atoms with Crippen molar-refractivity contribution < 1.29 is 4.74 Å². The van der Waals surface area contributed by atoms with Crippen molar-refractivity contribution in [1.82, 2.24) is 4.98 Å². The monoisotopic (exact) mass is 296 g/mol. The van der Waals surface area contributed by atoms with Gasteiger partial charge in [0.25, 0.3) is 0 Å². The fourth-order valence-electron chi connectivity index (χ4n) is 3.13. The Morgan fingerprint density at radius 2 is 1.91 bits per heavy atom. The molecule has 0 N–H and O–H groups in total. The molecule has 1 fully saturated rings. The Kier molecular flexibility index (Phi) is 4.62. The minimum absolute atomic E-state index is 0.816. The van der Waals surface area contributed by atoms with Crippen LogP contribution in [0.3, 0.4) is 0 Å². The minimum atomic E-state index is 0.816. The topological polar surface area (TPSA) is 25.4 Å². The number of ether oxygens (including phenoxy) is 1. The van der Waals surface area contributed by atoms with Crippen LogP contribution in [-0.4, -0.2) is 25.2 Å². The van der Waals surface area contributed by atoms with E-state index in [-0.39, 0.29) is 0 Å². The Balaban J connectivity index is 1.74. The predicted octanol–water partition coefficient (Wildman–Crippen LogP) is 4.38. The van der Waals surface area contributed by atoms with Gasteiger partial charge in [-0.3, -0.25) is 0 Å². The summed E-state index contributed by atoms with van der Waals surface area (Å²) in [7, 11) is 1.69. The Morgan fingerprint density at radius 3 is 2.55 bits per heavy atom. The summed E-state index contributed by atoms with van der Waals surface area (Å²) in [6, 6.07) is 12.4. The maximum atomic E-state index is 5.20. The molecule has 1 atom stereocenters. The lowest BCUT2D eigenvalue weighted by atomic mass is 9.95. The van der Waals surface area contributed by atoms with Crippen molar-refractivity contribution in [2.45, 2.75) is 26.2 Å². The van der Waals surface area contributed by atoms with E-state index in [1.165, 1.54) is 24.8 Å². The van der Waals surface area contributed by atoms with Crippen LogP contribution in [0.5, 0.6) is 5.75 Å². The maximum Gasteiger partial charge on any atom is 0.128 e. The molecule has 0 saturated carbocycles. The van der Waals surface area contributed by atoms with Crippen LogP contribution in [0.25, 0.3) is 11.1 Å². The van der Waals surface area contributed by atoms with Gasteiger partial charge in [-0.25, -0.2) is 4.98 Å². The third kappa shape index (κ3) is 3.24. The van der Waals surface area contributed by atoms with Crippen molar-refractivity contribution in [3.63, 3.8) is 0 Å². The SMILES string of the molecule is CCC1CCCN(c2ccc(-c3ccc(OC)cc3)cn2)C1. The number of piperidine rings is 1. The first kappa shape index (κ1) is 14.9. The lowest BCUT2D eigenvalue weighted by Crippen LogP contribution is -2.35. The number of pyridine rings is 1. The zero-order valence-corrected chi connectivity index (χ0v) is 13.5. The standard InChI is InChI=1S/C19H24N2O/c1-3-15-5-4-12-21(14-15)19-11-8-17(13-20-19)16-6-9-18(22-2)10-7-16/h6-11,13,15H,3-5,12,14H2,1-2H3. The molecular weight excluding hydrogens is 272 g/mol. The van der Waals surface area contributed by atoms with Gasteiger partial charge in [0.05, 0.1) is 7.11 Å². The van der Waals surface area contributed by atoms with Gasteiger partial charge in [-0.1, -0.05) is 25.5 Å². The van der Waals surface area contributed by atoms with Crippen LogP contribution in [0.1, 0.15) is 26.2 Å². The summed E-state index contributed by atoms with van der Waals surface area (Å²) in [6.07, 6.45) is 5.88. The van der Waals surface area contributed by atoms with Crippen LogP contribution in [-0.2, 0) is 0 Å². The second-order valence-electron chi connectivity index (χ2n) is 6.00. The Bertz CT molecular complexity index is 592. The van der Waals surface area contributed by atoms with Gasteiger partial charge in [-0.05, 0) is 48.6 Å². The smallest absolute Gasteiger partial charge is 0.128 e. The fraction of sp³-hybridized carbons (Fsp3) is 0.421. The van der Waals surface area contributed by atoms with Gasteiger partial charge in [0.2, 0.25) is 0 Å². The first-order chi connectivity index (χ1) is 10.8. The van der Waals surface area contributed by atoms with E-state index >= 15 is 0 Å². The molecule has 2 heterocycles. The summed E-state index contributed by atoms with van der Waals surface area (Å²) >= 11 is 0. The number of benzene rings is 1. The molecule has 0 bridgehead atoms. The number of hydrogen-bond donors (Lipinski definition) is 0. The van der Waals surface area contributed by atoms with Crippen molar-refractivity contribution in [2.75, 3.05) is 25.1 Å². The van der Waals surface area contributed by atoms with Gasteiger partial charge in [0.1, 0.15) is 11.6 Å². The third-order valence-electron chi connectivity index (χ3n) is 4.59. The molecule has 1 saturated heterocycles. The van der Waals surface area contributed by atoms with Gasteiger partial charge in [-0.2, -0.15) is 0 Å². The van der Waals surface area contributed by atoms with E-state index in [0.29, 0.717) is 0 Å². The van der Waals surface area contributed by atoms with E-state index in [4.69, 9.17) is 4.74 Å². The summed E-state index contributed by atoms with van der Waals surface area (Å²) in [5.74, 6) is 2.81. The number of nitrogens with zero attached hydrogens (tertiary/aromatic N) is 2. The second kappa shape index (κ2) is 6.82. The molecule has 1 aromatic carbocycles. The highest BCUT2D eigenvalue weighted by Gasteiger charge is 2.19. The fourth-order valence-corrected chi connectivity index (χ4v) is 3.13. The van der Waals surface area contributed by atoms with Gasteiger partial charge >= 0.3 is 0 Å². The Morgan fingerprint density at radius 1 is 1.14 bits per heavy atom. The molecule has 0 spiro atoms. The largest absolute Gasteiger partial charge is 0.497 e. The Labute approximate surface area is 132 Å². The van der Waals surface area contributed by atoms with E-state index in [1.807, 2.05) is 18.3 Å². The highest BCUT2D eigenvalue weighted by molar-refractivity contribution is 5.64. The lowest BCUT2D eigenvalue weighted by Gasteiger charge is -2.33. The third-order valence-corrected chi connectivity index (χ3v) is 4.59. The molecule has 3 heteroatoms. The number of methoxy groups -OCH3 is 1. The summed E-state index contributed by atoms with van der Waals surface area (Å²) < 4.78 is 5.20. The molecule has 1 aromatic heterocycles. The molecule has 0 aliphatic carbocycles. The average Bonchev–Trinajstić information content (AvgIpc) is 2.62. The van der Waals surface area contributed by atoms with Crippen molar-refractivity contribution in [2.24, 2.45) is 5.92 Å². The Hall–Kier alpha value is -2.03. The van der Waals surface area contributed by atoms with Gasteiger partial charge in [-0.15, -0.1) is 0 Å². The van der Waals surface area contributed by atoms with E-state index in [0.717, 1.165) is 36.1 Å². The van der Waals surface area contributed by atoms with Crippen molar-refractivity contribution in [1.29, 1.82) is 0 Å². The zero-order chi connectivity index (χ0) is 15.4. The molecule has 1 aliphatic rings. The van der Waals surface area contributed by atoms with E-state index in [2.05, 4.69) is 41.1 Å². The van der Waals surface area contributed by atoms with Crippen LogP contribution in [0.4, 0.5) is 5.82 Å². The molecule has 1 aliphatic heterocycles. The summed E-state index contributed by atoms with van der Waals surface area (Å²) in [4.78, 5) is 7.11. The van der Waals surface area contributed by atoms with Crippen LogP contribution in [0, 0.1) is 5.92 Å². The predicted molar refractivity (Wildman–Crippen MR) is 91.5 cm³/mol. The minimum Gasteiger partial charge on any atom is -0.497 e. The summed E-state index contributed by atoms with van der Waals surface area (Å²) in [5, 5.41) is 0. The number of rotatable bonds is 4. The number of hydrogen-bond acceptors (Lipinski definition) is 3. The first-order valence-corrected chi connectivity index (χ1v) is 8.15. The van der Waals surface area contributed by atoms with E-state index in [1.54, 1.807) is 7.11 Å². The van der Waals surface area contributed by atoms with Gasteiger partial charge < -0.3 is 9.64 Å². The summed E-state index contributed by atoms with van der Waals surface area (Å²) in [6.45, 7) is 4.56. The van der Waals surface area contributed by atoms with E-state index in [9.17, 15) is 0 Å². The maximum absolute atomic E-state index is 5.20. The van der Waals surface area contributed by atoms with Crippen molar-refractivity contribution in [3.8, 4) is 16.9 Å². The average molecular weight is 296 g/mol. The summed E-state index contributed by atoms with van der Waals surface area (Å²) in [5.41, 5.74) is 2.32. The molecule has 3 nitrogen and oxygen atoms in total. The van der Waals surface area contributed by atoms with Crippen molar-refractivity contribution in [3.05, 3.63) is 42.6 Å². The highest BCUT2D eigenvalue weighted by Crippen LogP contribution is 2.26. The molecule has 116 valence electrons. The van der Waals surface area contributed by atoms with Gasteiger partial charge in [0, 0.05) is 24.8 Å². The molecular formula is C19H24N2O. The lowest BCUT2D eigenvalue weighted by molar-refractivity contribution is 0.403. The van der Waals surface area contributed by atoms with Crippen LogP contribution in [0.15, 0.2) is 42.6 Å². The molecule has 22 heavy (non-hydrogen) atoms. The molecule has 3 rings (SSSR count). The molecule has 0 amide bonds. The normalized spacial score (nSPS) is 18.3. The highest BCUT2D eigenvalue weighted by atomic mass is 16.5. The molecule has 2 aromatic rings. The van der Waals surface area contributed by atoms with Crippen LogP contribution >= 0.6 is 0 Å². The molecule has 1 unspecified atom stereocenters. The van der Waals surface area contributed by atoms with Crippen molar-refractivity contribution >= 4 is 5.82 Å². The zero-order valence-electron chi connectivity index (χ0n) is 13.5. The second-order valence-corrected chi connectivity index (χ2v) is 6.00. The first-order valence-electron chi connectivity index (χ1n) is 8.15.